The fourth-order valence-corrected chi connectivity index (χ4v) is 2.98. The maximum atomic E-state index is 10.4. The first kappa shape index (κ1) is 17.5. The predicted molar refractivity (Wildman–Crippen MR) is 88.3 cm³/mol. The van der Waals surface area contributed by atoms with E-state index in [0.717, 1.165) is 25.1 Å². The molecule has 0 amide bonds. The standard InChI is InChI=1S/C17H27N3O3/c21-17(22)9-5-2-6-12-23-19-16(13-20-11-10-18-14-20)15-7-3-1-4-8-15/h10-11,14-15H,1-9,12-13H2,(H,21,22)/b19-16-. The SMILES string of the molecule is O=C(O)CCCCCO/N=C(/Cn1ccnc1)C1CCCCC1. The fraction of sp³-hybridized carbons (Fsp3) is 0.706. The normalized spacial score (nSPS) is 16.4. The van der Waals surface area contributed by atoms with Crippen molar-refractivity contribution >= 4 is 11.7 Å². The molecule has 1 saturated carbocycles. The van der Waals surface area contributed by atoms with Crippen molar-refractivity contribution in [2.45, 2.75) is 64.3 Å². The number of aromatic nitrogens is 2. The number of carboxylic acids is 1. The lowest BCUT2D eigenvalue weighted by molar-refractivity contribution is -0.137. The van der Waals surface area contributed by atoms with Crippen LogP contribution < -0.4 is 0 Å². The van der Waals surface area contributed by atoms with Crippen molar-refractivity contribution < 1.29 is 14.7 Å². The number of carbonyl (C=O) groups is 1. The quantitative estimate of drug-likeness (QED) is 0.406. The summed E-state index contributed by atoms with van der Waals surface area (Å²) >= 11 is 0. The van der Waals surface area contributed by atoms with Gasteiger partial charge in [-0.25, -0.2) is 4.98 Å². The minimum atomic E-state index is -0.733. The molecule has 0 aromatic carbocycles. The molecule has 1 aromatic rings. The molecule has 1 aromatic heterocycles. The second-order valence-corrected chi connectivity index (χ2v) is 6.19. The molecular formula is C17H27N3O3. The lowest BCUT2D eigenvalue weighted by Gasteiger charge is -2.23. The summed E-state index contributed by atoms with van der Waals surface area (Å²) in [4.78, 5) is 20.0. The monoisotopic (exact) mass is 321 g/mol. The van der Waals surface area contributed by atoms with Gasteiger partial charge in [0.1, 0.15) is 6.61 Å². The molecule has 0 atom stereocenters. The Labute approximate surface area is 137 Å². The maximum Gasteiger partial charge on any atom is 0.303 e. The van der Waals surface area contributed by atoms with Crippen LogP contribution in [0.5, 0.6) is 0 Å². The minimum Gasteiger partial charge on any atom is -0.481 e. The number of rotatable bonds is 10. The van der Waals surface area contributed by atoms with Crippen molar-refractivity contribution in [3.05, 3.63) is 18.7 Å². The van der Waals surface area contributed by atoms with Crippen LogP contribution in [0.3, 0.4) is 0 Å². The largest absolute Gasteiger partial charge is 0.481 e. The van der Waals surface area contributed by atoms with Crippen molar-refractivity contribution in [1.29, 1.82) is 0 Å². The van der Waals surface area contributed by atoms with E-state index >= 15 is 0 Å². The molecule has 6 nitrogen and oxygen atoms in total. The highest BCUT2D eigenvalue weighted by Crippen LogP contribution is 2.25. The number of carboxylic acid groups (broad SMARTS) is 1. The second-order valence-electron chi connectivity index (χ2n) is 6.19. The number of unbranched alkanes of at least 4 members (excludes halogenated alkanes) is 2. The zero-order valence-corrected chi connectivity index (χ0v) is 13.7. The van der Waals surface area contributed by atoms with Crippen LogP contribution in [0.25, 0.3) is 0 Å². The molecule has 6 heteroatoms. The Morgan fingerprint density at radius 3 is 2.78 bits per heavy atom. The molecule has 0 unspecified atom stereocenters. The van der Waals surface area contributed by atoms with Crippen LogP contribution >= 0.6 is 0 Å². The zero-order chi connectivity index (χ0) is 16.3. The topological polar surface area (TPSA) is 76.7 Å². The molecule has 128 valence electrons. The Balaban J connectivity index is 1.77. The van der Waals surface area contributed by atoms with Crippen LogP contribution in [0.2, 0.25) is 0 Å². The summed E-state index contributed by atoms with van der Waals surface area (Å²) in [5.74, 6) is -0.220. The Morgan fingerprint density at radius 2 is 2.09 bits per heavy atom. The molecule has 0 aliphatic heterocycles. The first-order valence-electron chi connectivity index (χ1n) is 8.62. The molecule has 0 radical (unpaired) electrons. The summed E-state index contributed by atoms with van der Waals surface area (Å²) in [5, 5.41) is 13.0. The number of hydrogen-bond donors (Lipinski definition) is 1. The summed E-state index contributed by atoms with van der Waals surface area (Å²) in [5.41, 5.74) is 1.10. The van der Waals surface area contributed by atoms with Gasteiger partial charge in [0, 0.05) is 24.7 Å². The zero-order valence-electron chi connectivity index (χ0n) is 13.7. The van der Waals surface area contributed by atoms with Crippen molar-refractivity contribution in [3.63, 3.8) is 0 Å². The smallest absolute Gasteiger partial charge is 0.303 e. The highest BCUT2D eigenvalue weighted by atomic mass is 16.6. The summed E-state index contributed by atoms with van der Waals surface area (Å²) in [6, 6.07) is 0. The van der Waals surface area contributed by atoms with Gasteiger partial charge < -0.3 is 14.5 Å². The molecule has 0 bridgehead atoms. The van der Waals surface area contributed by atoms with Gasteiger partial charge in [-0.05, 0) is 32.1 Å². The van der Waals surface area contributed by atoms with Gasteiger partial charge >= 0.3 is 5.97 Å². The third-order valence-corrected chi connectivity index (χ3v) is 4.29. The third-order valence-electron chi connectivity index (χ3n) is 4.29. The average Bonchev–Trinajstić information content (AvgIpc) is 3.06. The van der Waals surface area contributed by atoms with Crippen LogP contribution in [0, 0.1) is 5.92 Å². The molecule has 1 aliphatic carbocycles. The van der Waals surface area contributed by atoms with E-state index < -0.39 is 5.97 Å². The van der Waals surface area contributed by atoms with E-state index in [1.54, 1.807) is 6.20 Å². The Bertz CT molecular complexity index is 479. The Morgan fingerprint density at radius 1 is 1.26 bits per heavy atom. The van der Waals surface area contributed by atoms with E-state index in [9.17, 15) is 4.79 Å². The average molecular weight is 321 g/mol. The number of aliphatic carboxylic acids is 1. The van der Waals surface area contributed by atoms with Gasteiger partial charge in [0.2, 0.25) is 0 Å². The summed E-state index contributed by atoms with van der Waals surface area (Å²) in [6.45, 7) is 1.30. The molecule has 0 spiro atoms. The van der Waals surface area contributed by atoms with Gasteiger partial charge in [0.15, 0.2) is 0 Å². The van der Waals surface area contributed by atoms with Gasteiger partial charge in [-0.2, -0.15) is 0 Å². The van der Waals surface area contributed by atoms with Crippen molar-refractivity contribution in [3.8, 4) is 0 Å². The number of imidazole rings is 1. The predicted octanol–water partition coefficient (Wildman–Crippen LogP) is 3.48. The molecule has 1 fully saturated rings. The highest BCUT2D eigenvalue weighted by molar-refractivity contribution is 5.86. The van der Waals surface area contributed by atoms with Crippen molar-refractivity contribution in [2.24, 2.45) is 11.1 Å². The van der Waals surface area contributed by atoms with E-state index in [2.05, 4.69) is 10.1 Å². The molecular weight excluding hydrogens is 294 g/mol. The summed E-state index contributed by atoms with van der Waals surface area (Å²) in [6.07, 6.45) is 14.4. The minimum absolute atomic E-state index is 0.233. The maximum absolute atomic E-state index is 10.4. The highest BCUT2D eigenvalue weighted by Gasteiger charge is 2.20. The number of hydrogen-bond acceptors (Lipinski definition) is 4. The van der Waals surface area contributed by atoms with Crippen LogP contribution in [0.15, 0.2) is 23.9 Å². The van der Waals surface area contributed by atoms with Gasteiger partial charge in [0.25, 0.3) is 0 Å². The van der Waals surface area contributed by atoms with Crippen molar-refractivity contribution in [1.82, 2.24) is 9.55 Å². The molecule has 23 heavy (non-hydrogen) atoms. The van der Waals surface area contributed by atoms with Crippen LogP contribution in [0.1, 0.15) is 57.8 Å². The third kappa shape index (κ3) is 6.84. The molecule has 2 rings (SSSR count). The molecule has 0 saturated heterocycles. The van der Waals surface area contributed by atoms with Gasteiger partial charge in [-0.3, -0.25) is 4.79 Å². The first-order valence-corrected chi connectivity index (χ1v) is 8.62. The molecule has 1 aliphatic rings. The van der Waals surface area contributed by atoms with Crippen LogP contribution in [-0.2, 0) is 16.2 Å². The first-order chi connectivity index (χ1) is 11.3. The number of nitrogens with zero attached hydrogens (tertiary/aromatic N) is 3. The van der Waals surface area contributed by atoms with Crippen molar-refractivity contribution in [2.75, 3.05) is 6.61 Å². The van der Waals surface area contributed by atoms with Gasteiger partial charge in [-0.15, -0.1) is 0 Å². The Kier molecular flexibility index (Phi) is 7.63. The fourth-order valence-electron chi connectivity index (χ4n) is 2.98. The summed E-state index contributed by atoms with van der Waals surface area (Å²) < 4.78 is 2.03. The van der Waals surface area contributed by atoms with E-state index in [-0.39, 0.29) is 6.42 Å². The lowest BCUT2D eigenvalue weighted by atomic mass is 9.86. The van der Waals surface area contributed by atoms with E-state index in [4.69, 9.17) is 9.94 Å². The van der Waals surface area contributed by atoms with E-state index in [1.165, 1.54) is 32.1 Å². The molecule has 1 heterocycles. The number of oxime groups is 1. The second kappa shape index (κ2) is 10.0. The van der Waals surface area contributed by atoms with Gasteiger partial charge in [0.05, 0.1) is 18.6 Å². The lowest BCUT2D eigenvalue weighted by Crippen LogP contribution is -2.23. The Hall–Kier alpha value is -1.85. The summed E-state index contributed by atoms with van der Waals surface area (Å²) in [7, 11) is 0. The van der Waals surface area contributed by atoms with E-state index in [1.807, 2.05) is 17.1 Å². The van der Waals surface area contributed by atoms with Crippen LogP contribution in [-0.4, -0.2) is 32.9 Å². The van der Waals surface area contributed by atoms with Gasteiger partial charge in [-0.1, -0.05) is 24.4 Å². The van der Waals surface area contributed by atoms with Crippen LogP contribution in [0.4, 0.5) is 0 Å². The molecule has 1 N–H and O–H groups in total. The van der Waals surface area contributed by atoms with E-state index in [0.29, 0.717) is 18.9 Å².